The van der Waals surface area contributed by atoms with Crippen LogP contribution < -0.4 is 11.1 Å². The summed E-state index contributed by atoms with van der Waals surface area (Å²) in [5, 5.41) is 2.96. The van der Waals surface area contributed by atoms with Gasteiger partial charge < -0.3 is 15.8 Å². The number of benzene rings is 1. The first kappa shape index (κ1) is 17.9. The Morgan fingerprint density at radius 2 is 2.22 bits per heavy atom. The number of nitrogens with one attached hydrogen (secondary N) is 1. The number of amides is 1. The molecule has 0 radical (unpaired) electrons. The number of nitrogens with two attached hydrogens (primary N) is 1. The molecule has 1 aliphatic rings. The molecule has 1 unspecified atom stereocenters. The highest BCUT2D eigenvalue weighted by Gasteiger charge is 2.27. The summed E-state index contributed by atoms with van der Waals surface area (Å²) in [4.78, 5) is 24.0. The molecule has 0 aromatic heterocycles. The second-order valence-corrected chi connectivity index (χ2v) is 6.93. The Kier molecular flexibility index (Phi) is 6.59. The van der Waals surface area contributed by atoms with Gasteiger partial charge in [-0.2, -0.15) is 0 Å². The van der Waals surface area contributed by atoms with E-state index in [2.05, 4.69) is 21.2 Å². The molecule has 0 heterocycles. The zero-order chi connectivity index (χ0) is 16.8. The minimum absolute atomic E-state index is 0.0683. The van der Waals surface area contributed by atoms with E-state index in [-0.39, 0.29) is 30.3 Å². The molecule has 0 spiro atoms. The van der Waals surface area contributed by atoms with Crippen molar-refractivity contribution in [1.29, 1.82) is 0 Å². The van der Waals surface area contributed by atoms with E-state index < -0.39 is 6.04 Å². The van der Waals surface area contributed by atoms with Crippen molar-refractivity contribution in [1.82, 2.24) is 5.32 Å². The number of carbonyl (C=O) groups excluding carboxylic acids is 2. The quantitative estimate of drug-likeness (QED) is 0.741. The van der Waals surface area contributed by atoms with Crippen LogP contribution in [0.3, 0.4) is 0 Å². The maximum Gasteiger partial charge on any atom is 0.307 e. The molecular weight excluding hydrogens is 360 g/mol. The summed E-state index contributed by atoms with van der Waals surface area (Å²) >= 11 is 3.41. The second kappa shape index (κ2) is 8.45. The summed E-state index contributed by atoms with van der Waals surface area (Å²) in [6.45, 7) is 0. The van der Waals surface area contributed by atoms with Crippen LogP contribution in [0.2, 0.25) is 0 Å². The number of esters is 1. The van der Waals surface area contributed by atoms with Crippen LogP contribution in [-0.4, -0.2) is 25.0 Å². The van der Waals surface area contributed by atoms with Crippen LogP contribution in [0.25, 0.3) is 0 Å². The molecule has 5 nitrogen and oxygen atoms in total. The van der Waals surface area contributed by atoms with Crippen LogP contribution >= 0.6 is 15.9 Å². The van der Waals surface area contributed by atoms with Crippen LogP contribution in [-0.2, 0) is 14.3 Å². The predicted molar refractivity (Wildman–Crippen MR) is 91.6 cm³/mol. The van der Waals surface area contributed by atoms with Gasteiger partial charge in [-0.1, -0.05) is 34.5 Å². The van der Waals surface area contributed by atoms with Crippen molar-refractivity contribution in [2.75, 3.05) is 7.11 Å². The lowest BCUT2D eigenvalue weighted by atomic mass is 9.98. The Bertz CT molecular complexity index is 565. The van der Waals surface area contributed by atoms with Crippen LogP contribution in [0.5, 0.6) is 0 Å². The van der Waals surface area contributed by atoms with Crippen molar-refractivity contribution in [2.45, 2.75) is 44.2 Å². The van der Waals surface area contributed by atoms with E-state index in [4.69, 9.17) is 10.5 Å². The average molecular weight is 383 g/mol. The number of halogens is 1. The molecule has 2 rings (SSSR count). The SMILES string of the molecule is COC(=O)CC(NC(=O)C[C@@H]1CCC[C@H]1N)c1cccc(Br)c1. The Morgan fingerprint density at radius 3 is 2.83 bits per heavy atom. The first-order valence-corrected chi connectivity index (χ1v) is 8.66. The third kappa shape index (κ3) is 5.32. The highest BCUT2D eigenvalue weighted by atomic mass is 79.9. The van der Waals surface area contributed by atoms with Gasteiger partial charge in [0.1, 0.15) is 0 Å². The van der Waals surface area contributed by atoms with Gasteiger partial charge in [0.15, 0.2) is 0 Å². The molecule has 1 fully saturated rings. The molecule has 3 N–H and O–H groups in total. The van der Waals surface area contributed by atoms with E-state index in [0.29, 0.717) is 6.42 Å². The van der Waals surface area contributed by atoms with Crippen molar-refractivity contribution in [2.24, 2.45) is 11.7 Å². The smallest absolute Gasteiger partial charge is 0.307 e. The average Bonchev–Trinajstić information content (AvgIpc) is 2.91. The van der Waals surface area contributed by atoms with Crippen LogP contribution in [0.1, 0.15) is 43.7 Å². The van der Waals surface area contributed by atoms with E-state index in [1.165, 1.54) is 7.11 Å². The third-order valence-electron chi connectivity index (χ3n) is 4.35. The molecule has 126 valence electrons. The van der Waals surface area contributed by atoms with Gasteiger partial charge in [0, 0.05) is 16.9 Å². The Hall–Kier alpha value is -1.40. The molecule has 1 amide bonds. The summed E-state index contributed by atoms with van der Waals surface area (Å²) in [5.74, 6) is -0.189. The largest absolute Gasteiger partial charge is 0.469 e. The van der Waals surface area contributed by atoms with Crippen molar-refractivity contribution in [3.8, 4) is 0 Å². The number of rotatable bonds is 6. The molecule has 0 bridgehead atoms. The maximum atomic E-state index is 12.4. The Balaban J connectivity index is 2.04. The van der Waals surface area contributed by atoms with Gasteiger partial charge in [0.05, 0.1) is 19.6 Å². The van der Waals surface area contributed by atoms with Crippen molar-refractivity contribution < 1.29 is 14.3 Å². The van der Waals surface area contributed by atoms with Crippen LogP contribution in [0, 0.1) is 5.92 Å². The van der Waals surface area contributed by atoms with Gasteiger partial charge in [0.25, 0.3) is 0 Å². The normalized spacial score (nSPS) is 21.7. The zero-order valence-corrected chi connectivity index (χ0v) is 14.8. The zero-order valence-electron chi connectivity index (χ0n) is 13.3. The number of ether oxygens (including phenoxy) is 1. The van der Waals surface area contributed by atoms with Crippen molar-refractivity contribution >= 4 is 27.8 Å². The fraction of sp³-hybridized carbons (Fsp3) is 0.529. The summed E-state index contributed by atoms with van der Waals surface area (Å²) in [6, 6.07) is 7.27. The molecule has 0 saturated heterocycles. The van der Waals surface area contributed by atoms with Gasteiger partial charge >= 0.3 is 5.97 Å². The van der Waals surface area contributed by atoms with E-state index in [1.807, 2.05) is 24.3 Å². The fourth-order valence-electron chi connectivity index (χ4n) is 3.04. The molecule has 0 aliphatic heterocycles. The highest BCUT2D eigenvalue weighted by Crippen LogP contribution is 2.27. The van der Waals surface area contributed by atoms with E-state index in [1.54, 1.807) is 0 Å². The summed E-state index contributed by atoms with van der Waals surface area (Å²) in [7, 11) is 1.35. The summed E-state index contributed by atoms with van der Waals surface area (Å²) in [5.41, 5.74) is 6.90. The molecule has 1 saturated carbocycles. The Labute approximate surface area is 145 Å². The Morgan fingerprint density at radius 1 is 1.43 bits per heavy atom. The van der Waals surface area contributed by atoms with Gasteiger partial charge in [-0.15, -0.1) is 0 Å². The standard InChI is InChI=1S/C17H23BrN2O3/c1-23-17(22)10-15(12-5-2-6-13(18)8-12)20-16(21)9-11-4-3-7-14(11)19/h2,5-6,8,11,14-15H,3-4,7,9-10,19H2,1H3,(H,20,21)/t11-,14+,15?/m0/s1. The molecule has 6 heteroatoms. The molecular formula is C17H23BrN2O3. The van der Waals surface area contributed by atoms with E-state index in [0.717, 1.165) is 29.3 Å². The highest BCUT2D eigenvalue weighted by molar-refractivity contribution is 9.10. The third-order valence-corrected chi connectivity index (χ3v) is 4.84. The second-order valence-electron chi connectivity index (χ2n) is 6.01. The van der Waals surface area contributed by atoms with Gasteiger partial charge in [-0.3, -0.25) is 9.59 Å². The molecule has 1 aromatic rings. The predicted octanol–water partition coefficient (Wildman–Crippen LogP) is 2.69. The monoisotopic (exact) mass is 382 g/mol. The number of carbonyl (C=O) groups is 2. The van der Waals surface area contributed by atoms with Crippen molar-refractivity contribution in [3.05, 3.63) is 34.3 Å². The van der Waals surface area contributed by atoms with Crippen molar-refractivity contribution in [3.63, 3.8) is 0 Å². The van der Waals surface area contributed by atoms with Crippen LogP contribution in [0.4, 0.5) is 0 Å². The molecule has 3 atom stereocenters. The van der Waals surface area contributed by atoms with Crippen LogP contribution in [0.15, 0.2) is 28.7 Å². The first-order chi connectivity index (χ1) is 11.0. The summed E-state index contributed by atoms with van der Waals surface area (Å²) in [6.07, 6.45) is 3.57. The summed E-state index contributed by atoms with van der Waals surface area (Å²) < 4.78 is 5.64. The molecule has 1 aliphatic carbocycles. The maximum absolute atomic E-state index is 12.4. The van der Waals surface area contributed by atoms with Gasteiger partial charge in [0.2, 0.25) is 5.91 Å². The minimum Gasteiger partial charge on any atom is -0.469 e. The minimum atomic E-state index is -0.398. The lowest BCUT2D eigenvalue weighted by molar-refractivity contribution is -0.141. The number of hydrogen-bond acceptors (Lipinski definition) is 4. The number of methoxy groups -OCH3 is 1. The lowest BCUT2D eigenvalue weighted by Crippen LogP contribution is -2.34. The lowest BCUT2D eigenvalue weighted by Gasteiger charge is -2.21. The molecule has 1 aromatic carbocycles. The topological polar surface area (TPSA) is 81.4 Å². The van der Waals surface area contributed by atoms with E-state index >= 15 is 0 Å². The first-order valence-electron chi connectivity index (χ1n) is 7.87. The number of hydrogen-bond donors (Lipinski definition) is 2. The fourth-order valence-corrected chi connectivity index (χ4v) is 3.45. The molecule has 23 heavy (non-hydrogen) atoms. The van der Waals surface area contributed by atoms with Gasteiger partial charge in [-0.25, -0.2) is 0 Å². The van der Waals surface area contributed by atoms with Gasteiger partial charge in [-0.05, 0) is 36.5 Å². The van der Waals surface area contributed by atoms with E-state index in [9.17, 15) is 9.59 Å².